The lowest BCUT2D eigenvalue weighted by atomic mass is 9.99. The zero-order valence-corrected chi connectivity index (χ0v) is 23.2. The van der Waals surface area contributed by atoms with Crippen LogP contribution < -0.4 is 10.5 Å². The lowest BCUT2D eigenvalue weighted by molar-refractivity contribution is 0.0139. The van der Waals surface area contributed by atoms with Crippen LogP contribution in [0.25, 0.3) is 0 Å². The maximum Gasteiger partial charge on any atom is 0.425 e. The number of aliphatic imine (C=N–C) groups is 1. The van der Waals surface area contributed by atoms with Gasteiger partial charge in [-0.05, 0) is 80.5 Å². The van der Waals surface area contributed by atoms with Crippen molar-refractivity contribution in [3.8, 4) is 5.75 Å². The number of carbonyl (C=O) groups is 2. The Morgan fingerprint density at radius 3 is 2.11 bits per heavy atom. The molecule has 2 heterocycles. The zero-order valence-electron chi connectivity index (χ0n) is 22.4. The molecule has 200 valence electrons. The molecular formula is C25H37N3O7S. The summed E-state index contributed by atoms with van der Waals surface area (Å²) >= 11 is 0. The summed E-state index contributed by atoms with van der Waals surface area (Å²) in [6.45, 7) is 14.5. The van der Waals surface area contributed by atoms with Crippen molar-refractivity contribution in [1.82, 2.24) is 4.90 Å². The van der Waals surface area contributed by atoms with Gasteiger partial charge in [-0.25, -0.2) is 18.0 Å². The van der Waals surface area contributed by atoms with E-state index >= 15 is 0 Å². The van der Waals surface area contributed by atoms with Crippen LogP contribution in [-0.4, -0.2) is 58.6 Å². The van der Waals surface area contributed by atoms with E-state index in [1.807, 2.05) is 0 Å². The summed E-state index contributed by atoms with van der Waals surface area (Å²) in [5.74, 6) is 0.165. The number of amidine groups is 1. The molecule has 3 atom stereocenters. The average Bonchev–Trinajstić information content (AvgIpc) is 2.80. The predicted octanol–water partition coefficient (Wildman–Crippen LogP) is 4.63. The standard InChI is InChI=1S/C25H37N3O7S/c1-14-12-18-19(16-13-15(26)10-11-17(16)33-14)27-20(25(8,9)36(18,31)32)28(21(29)34-23(2,3)4)22(30)35-24(5,6)7/h10-11,13-14,18-19H,12,26H2,1-9H3/t14-,18?,19?/m0/s1. The first kappa shape index (κ1) is 27.8. The number of rotatable bonds is 0. The Balaban J connectivity index is 2.29. The molecule has 2 N–H and O–H groups in total. The number of carbonyl (C=O) groups excluding carboxylic acids is 2. The van der Waals surface area contributed by atoms with Gasteiger partial charge in [-0.2, -0.15) is 4.90 Å². The molecule has 0 aromatic heterocycles. The van der Waals surface area contributed by atoms with Gasteiger partial charge in [0.15, 0.2) is 9.84 Å². The number of fused-ring (bicyclic) bond motifs is 3. The fraction of sp³-hybridized carbons (Fsp3) is 0.640. The first-order valence-electron chi connectivity index (χ1n) is 11.9. The number of imide groups is 1. The molecule has 3 rings (SSSR count). The number of anilines is 1. The summed E-state index contributed by atoms with van der Waals surface area (Å²) < 4.78 is 43.4. The topological polar surface area (TPSA) is 138 Å². The fourth-order valence-corrected chi connectivity index (χ4v) is 6.48. The highest BCUT2D eigenvalue weighted by Gasteiger charge is 2.57. The molecule has 1 aromatic carbocycles. The summed E-state index contributed by atoms with van der Waals surface area (Å²) in [4.78, 5) is 32.1. The molecule has 0 saturated carbocycles. The lowest BCUT2D eigenvalue weighted by Crippen LogP contribution is -2.61. The van der Waals surface area contributed by atoms with Gasteiger partial charge in [-0.3, -0.25) is 4.99 Å². The SMILES string of the molecule is C[C@H]1CC2C(N=C(N(C(=O)OC(C)(C)C)C(=O)OC(C)(C)C)C(C)(C)S2(=O)=O)c2cc(N)ccc2O1. The highest BCUT2D eigenvalue weighted by atomic mass is 32.2. The average molecular weight is 524 g/mol. The van der Waals surface area contributed by atoms with Crippen molar-refractivity contribution in [1.29, 1.82) is 0 Å². The Morgan fingerprint density at radius 2 is 1.61 bits per heavy atom. The Morgan fingerprint density at radius 1 is 1.08 bits per heavy atom. The third-order valence-corrected chi connectivity index (χ3v) is 8.72. The van der Waals surface area contributed by atoms with Gasteiger partial charge >= 0.3 is 12.2 Å². The molecule has 2 aliphatic rings. The summed E-state index contributed by atoms with van der Waals surface area (Å²) in [6.07, 6.45) is -2.41. The fourth-order valence-electron chi connectivity index (χ4n) is 4.26. The van der Waals surface area contributed by atoms with Crippen molar-refractivity contribution in [2.45, 2.75) is 102 Å². The third-order valence-electron chi connectivity index (χ3n) is 5.87. The highest BCUT2D eigenvalue weighted by Crippen LogP contribution is 2.46. The number of sulfone groups is 1. The molecule has 1 aromatic rings. The van der Waals surface area contributed by atoms with E-state index in [9.17, 15) is 18.0 Å². The van der Waals surface area contributed by atoms with Crippen molar-refractivity contribution in [3.63, 3.8) is 0 Å². The van der Waals surface area contributed by atoms with Gasteiger partial charge in [0, 0.05) is 17.7 Å². The summed E-state index contributed by atoms with van der Waals surface area (Å²) in [5, 5.41) is -0.964. The van der Waals surface area contributed by atoms with Crippen LogP contribution in [0.5, 0.6) is 5.75 Å². The number of benzene rings is 1. The van der Waals surface area contributed by atoms with Crippen LogP contribution in [0.2, 0.25) is 0 Å². The van der Waals surface area contributed by atoms with E-state index < -0.39 is 55.4 Å². The molecular weight excluding hydrogens is 486 g/mol. The first-order chi connectivity index (χ1) is 16.2. The van der Waals surface area contributed by atoms with Gasteiger partial charge in [0.2, 0.25) is 0 Å². The zero-order chi connectivity index (χ0) is 27.4. The van der Waals surface area contributed by atoms with E-state index in [0.29, 0.717) is 21.9 Å². The van der Waals surface area contributed by atoms with Crippen LogP contribution in [0.3, 0.4) is 0 Å². The van der Waals surface area contributed by atoms with Crippen LogP contribution in [0.15, 0.2) is 23.2 Å². The van der Waals surface area contributed by atoms with Gasteiger partial charge in [0.05, 0.1) is 17.4 Å². The smallest absolute Gasteiger partial charge is 0.425 e. The number of hydrogen-bond acceptors (Lipinski definition) is 9. The Hall–Kier alpha value is -2.82. The maximum absolute atomic E-state index is 14.1. The van der Waals surface area contributed by atoms with E-state index in [1.54, 1.807) is 66.7 Å². The quantitative estimate of drug-likeness (QED) is 0.486. The molecule has 2 amide bonds. The third kappa shape index (κ3) is 5.30. The largest absolute Gasteiger partial charge is 0.490 e. The van der Waals surface area contributed by atoms with Crippen LogP contribution in [-0.2, 0) is 19.3 Å². The molecule has 0 bridgehead atoms. The lowest BCUT2D eigenvalue weighted by Gasteiger charge is -2.41. The Labute approximate surface area is 213 Å². The first-order valence-corrected chi connectivity index (χ1v) is 13.4. The molecule has 36 heavy (non-hydrogen) atoms. The normalized spacial score (nSPS) is 24.7. The predicted molar refractivity (Wildman–Crippen MR) is 137 cm³/mol. The van der Waals surface area contributed by atoms with E-state index in [0.717, 1.165) is 0 Å². The van der Waals surface area contributed by atoms with Crippen molar-refractivity contribution in [3.05, 3.63) is 23.8 Å². The number of hydrogen-bond donors (Lipinski definition) is 1. The summed E-state index contributed by atoms with van der Waals surface area (Å²) in [5.41, 5.74) is 4.96. The maximum atomic E-state index is 14.1. The van der Waals surface area contributed by atoms with Crippen LogP contribution in [0.4, 0.5) is 15.3 Å². The van der Waals surface area contributed by atoms with E-state index in [1.165, 1.54) is 13.8 Å². The van der Waals surface area contributed by atoms with E-state index in [-0.39, 0.29) is 12.3 Å². The number of nitrogen functional groups attached to an aromatic ring is 1. The van der Waals surface area contributed by atoms with Gasteiger partial charge in [-0.15, -0.1) is 0 Å². The minimum Gasteiger partial charge on any atom is -0.490 e. The number of nitrogens with zero attached hydrogens (tertiary/aromatic N) is 2. The summed E-state index contributed by atoms with van der Waals surface area (Å²) in [7, 11) is -4.03. The van der Waals surface area contributed by atoms with Gasteiger partial charge in [0.1, 0.15) is 27.5 Å². The van der Waals surface area contributed by atoms with Gasteiger partial charge in [0.25, 0.3) is 0 Å². The van der Waals surface area contributed by atoms with Crippen LogP contribution in [0, 0.1) is 0 Å². The van der Waals surface area contributed by atoms with Crippen LogP contribution in [0.1, 0.15) is 80.3 Å². The second-order valence-electron chi connectivity index (χ2n) is 11.7. The molecule has 2 unspecified atom stereocenters. The number of nitrogens with two attached hydrogens (primary N) is 1. The van der Waals surface area contributed by atoms with Crippen molar-refractivity contribution in [2.24, 2.45) is 4.99 Å². The van der Waals surface area contributed by atoms with Crippen molar-refractivity contribution < 1.29 is 32.2 Å². The second-order valence-corrected chi connectivity index (χ2v) is 14.5. The highest BCUT2D eigenvalue weighted by molar-refractivity contribution is 7.94. The number of amides is 2. The molecule has 11 heteroatoms. The van der Waals surface area contributed by atoms with Gasteiger partial charge < -0.3 is 19.9 Å². The minimum absolute atomic E-state index is 0.167. The Kier molecular flexibility index (Phi) is 6.89. The van der Waals surface area contributed by atoms with E-state index in [2.05, 4.69) is 0 Å². The Bertz CT molecular complexity index is 1160. The molecule has 2 aliphatic heterocycles. The minimum atomic E-state index is -4.03. The van der Waals surface area contributed by atoms with Gasteiger partial charge in [-0.1, -0.05) is 0 Å². The van der Waals surface area contributed by atoms with E-state index in [4.69, 9.17) is 24.9 Å². The molecule has 0 fully saturated rings. The monoisotopic (exact) mass is 523 g/mol. The van der Waals surface area contributed by atoms with Crippen LogP contribution >= 0.6 is 0 Å². The number of ether oxygens (including phenoxy) is 3. The second kappa shape index (κ2) is 8.93. The molecule has 0 saturated heterocycles. The summed E-state index contributed by atoms with van der Waals surface area (Å²) in [6, 6.07) is 3.98. The molecule has 0 spiro atoms. The van der Waals surface area contributed by atoms with Crippen molar-refractivity contribution >= 4 is 33.5 Å². The van der Waals surface area contributed by atoms with Crippen molar-refractivity contribution in [2.75, 3.05) is 5.73 Å². The molecule has 0 aliphatic carbocycles. The molecule has 10 nitrogen and oxygen atoms in total. The molecule has 0 radical (unpaired) electrons.